The van der Waals surface area contributed by atoms with Crippen LogP contribution in [-0.4, -0.2) is 27.5 Å². The Labute approximate surface area is 122 Å². The molecule has 2 rings (SSSR count). The third kappa shape index (κ3) is 4.32. The quantitative estimate of drug-likeness (QED) is 0.908. The van der Waals surface area contributed by atoms with E-state index in [0.717, 1.165) is 5.56 Å². The Morgan fingerprint density at radius 1 is 1.15 bits per heavy atom. The van der Waals surface area contributed by atoms with E-state index in [1.807, 2.05) is 7.05 Å². The van der Waals surface area contributed by atoms with E-state index >= 15 is 0 Å². The highest BCUT2D eigenvalue weighted by Gasteiger charge is 2.18. The zero-order valence-electron chi connectivity index (χ0n) is 12.4. The Hall–Kier alpha value is -0.870. The van der Waals surface area contributed by atoms with Crippen LogP contribution in [0.5, 0.6) is 0 Å². The molecule has 1 saturated carbocycles. The standard InChI is InChI=1S/C16H25NO2S/c1-17-16(12-20(2,18)19)15-10-8-14(9-11-15)13-6-4-3-5-7-13/h8-11,13,16-17H,3-7,12H2,1-2H3. The maximum atomic E-state index is 11.4. The van der Waals surface area contributed by atoms with Crippen molar-refractivity contribution in [2.75, 3.05) is 19.1 Å². The fourth-order valence-corrected chi connectivity index (χ4v) is 4.05. The van der Waals surface area contributed by atoms with Gasteiger partial charge in [0.15, 0.2) is 0 Å². The van der Waals surface area contributed by atoms with Gasteiger partial charge in [0, 0.05) is 12.3 Å². The summed E-state index contributed by atoms with van der Waals surface area (Å²) in [7, 11) is -1.17. The normalized spacial score (nSPS) is 18.9. The van der Waals surface area contributed by atoms with Crippen LogP contribution in [0.4, 0.5) is 0 Å². The van der Waals surface area contributed by atoms with E-state index in [9.17, 15) is 8.42 Å². The topological polar surface area (TPSA) is 46.2 Å². The second kappa shape index (κ2) is 6.72. The highest BCUT2D eigenvalue weighted by Crippen LogP contribution is 2.33. The largest absolute Gasteiger partial charge is 0.312 e. The lowest BCUT2D eigenvalue weighted by atomic mass is 9.84. The van der Waals surface area contributed by atoms with Gasteiger partial charge < -0.3 is 5.32 Å². The summed E-state index contributed by atoms with van der Waals surface area (Å²) in [6.07, 6.45) is 7.90. The van der Waals surface area contributed by atoms with E-state index in [4.69, 9.17) is 0 Å². The van der Waals surface area contributed by atoms with Crippen LogP contribution >= 0.6 is 0 Å². The Bertz CT molecular complexity index is 516. The van der Waals surface area contributed by atoms with Gasteiger partial charge in [0.25, 0.3) is 0 Å². The van der Waals surface area contributed by atoms with Gasteiger partial charge in [-0.1, -0.05) is 43.5 Å². The molecule has 3 nitrogen and oxygen atoms in total. The molecule has 20 heavy (non-hydrogen) atoms. The van der Waals surface area contributed by atoms with Crippen molar-refractivity contribution in [3.05, 3.63) is 35.4 Å². The van der Waals surface area contributed by atoms with E-state index in [1.54, 1.807) is 0 Å². The highest BCUT2D eigenvalue weighted by atomic mass is 32.2. The Morgan fingerprint density at radius 2 is 1.75 bits per heavy atom. The van der Waals surface area contributed by atoms with E-state index < -0.39 is 9.84 Å². The third-order valence-corrected chi connectivity index (χ3v) is 5.17. The van der Waals surface area contributed by atoms with Gasteiger partial charge in [0.2, 0.25) is 0 Å². The van der Waals surface area contributed by atoms with E-state index in [-0.39, 0.29) is 11.8 Å². The summed E-state index contributed by atoms with van der Waals surface area (Å²) < 4.78 is 22.9. The van der Waals surface area contributed by atoms with Crippen molar-refractivity contribution in [2.45, 2.75) is 44.1 Å². The minimum atomic E-state index is -2.98. The van der Waals surface area contributed by atoms with Crippen molar-refractivity contribution in [1.29, 1.82) is 0 Å². The van der Waals surface area contributed by atoms with Crippen LogP contribution in [0.15, 0.2) is 24.3 Å². The number of benzene rings is 1. The zero-order valence-corrected chi connectivity index (χ0v) is 13.2. The van der Waals surface area contributed by atoms with Crippen LogP contribution in [0.25, 0.3) is 0 Å². The molecule has 1 aromatic carbocycles. The van der Waals surface area contributed by atoms with Crippen molar-refractivity contribution < 1.29 is 8.42 Å². The minimum absolute atomic E-state index is 0.120. The SMILES string of the molecule is CNC(CS(C)(=O)=O)c1ccc(C2CCCCC2)cc1. The molecule has 1 aromatic rings. The molecule has 0 aliphatic heterocycles. The average molecular weight is 295 g/mol. The first-order valence-electron chi connectivity index (χ1n) is 7.44. The summed E-state index contributed by atoms with van der Waals surface area (Å²) in [5.74, 6) is 0.840. The summed E-state index contributed by atoms with van der Waals surface area (Å²) >= 11 is 0. The molecule has 1 fully saturated rings. The van der Waals surface area contributed by atoms with Crippen LogP contribution in [0, 0.1) is 0 Å². The van der Waals surface area contributed by atoms with Gasteiger partial charge in [0.1, 0.15) is 9.84 Å². The van der Waals surface area contributed by atoms with Gasteiger partial charge in [-0.05, 0) is 36.9 Å². The second-order valence-corrected chi connectivity index (χ2v) is 8.12. The van der Waals surface area contributed by atoms with Crippen LogP contribution in [0.2, 0.25) is 0 Å². The summed E-state index contributed by atoms with van der Waals surface area (Å²) in [6.45, 7) is 0. The number of hydrogen-bond acceptors (Lipinski definition) is 3. The first-order chi connectivity index (χ1) is 9.49. The molecule has 1 aliphatic rings. The average Bonchev–Trinajstić information content (AvgIpc) is 2.45. The van der Waals surface area contributed by atoms with Gasteiger partial charge in [-0.3, -0.25) is 0 Å². The summed E-state index contributed by atoms with van der Waals surface area (Å²) in [6, 6.07) is 8.40. The molecule has 0 saturated heterocycles. The smallest absolute Gasteiger partial charge is 0.149 e. The van der Waals surface area contributed by atoms with Gasteiger partial charge in [-0.2, -0.15) is 0 Å². The van der Waals surface area contributed by atoms with Crippen molar-refractivity contribution in [2.24, 2.45) is 0 Å². The molecule has 112 valence electrons. The molecule has 0 heterocycles. The van der Waals surface area contributed by atoms with Crippen molar-refractivity contribution >= 4 is 9.84 Å². The molecule has 1 atom stereocenters. The lowest BCUT2D eigenvalue weighted by molar-refractivity contribution is 0.443. The molecule has 0 spiro atoms. The Balaban J connectivity index is 2.09. The molecule has 0 radical (unpaired) electrons. The Kier molecular flexibility index (Phi) is 5.22. The van der Waals surface area contributed by atoms with Crippen LogP contribution in [0.3, 0.4) is 0 Å². The highest BCUT2D eigenvalue weighted by molar-refractivity contribution is 7.90. The van der Waals surface area contributed by atoms with Crippen LogP contribution < -0.4 is 5.32 Å². The molecule has 0 aromatic heterocycles. The fourth-order valence-electron chi connectivity index (χ4n) is 3.09. The number of nitrogens with one attached hydrogen (secondary N) is 1. The van der Waals surface area contributed by atoms with E-state index in [1.165, 1.54) is 43.9 Å². The van der Waals surface area contributed by atoms with E-state index in [2.05, 4.69) is 29.6 Å². The molecule has 0 amide bonds. The maximum absolute atomic E-state index is 11.4. The van der Waals surface area contributed by atoms with Gasteiger partial charge in [0.05, 0.1) is 5.75 Å². The first-order valence-corrected chi connectivity index (χ1v) is 9.50. The summed E-state index contributed by atoms with van der Waals surface area (Å²) in [5.41, 5.74) is 2.46. The lowest BCUT2D eigenvalue weighted by Crippen LogP contribution is -2.24. The second-order valence-electron chi connectivity index (χ2n) is 5.94. The maximum Gasteiger partial charge on any atom is 0.149 e. The van der Waals surface area contributed by atoms with E-state index in [0.29, 0.717) is 5.92 Å². The Morgan fingerprint density at radius 3 is 2.25 bits per heavy atom. The van der Waals surface area contributed by atoms with Crippen LogP contribution in [0.1, 0.15) is 55.2 Å². The molecular weight excluding hydrogens is 270 g/mol. The van der Waals surface area contributed by atoms with Crippen molar-refractivity contribution in [3.63, 3.8) is 0 Å². The first kappa shape index (κ1) is 15.5. The predicted octanol–water partition coefficient (Wildman–Crippen LogP) is 3.04. The van der Waals surface area contributed by atoms with Crippen LogP contribution in [-0.2, 0) is 9.84 Å². The third-order valence-electron chi connectivity index (χ3n) is 4.23. The van der Waals surface area contributed by atoms with Crippen molar-refractivity contribution in [1.82, 2.24) is 5.32 Å². The van der Waals surface area contributed by atoms with Gasteiger partial charge in [-0.25, -0.2) is 8.42 Å². The monoisotopic (exact) mass is 295 g/mol. The van der Waals surface area contributed by atoms with Gasteiger partial charge in [-0.15, -0.1) is 0 Å². The molecule has 1 N–H and O–H groups in total. The number of rotatable bonds is 5. The van der Waals surface area contributed by atoms with Crippen molar-refractivity contribution in [3.8, 4) is 0 Å². The molecular formula is C16H25NO2S. The predicted molar refractivity (Wildman–Crippen MR) is 83.8 cm³/mol. The summed E-state index contributed by atoms with van der Waals surface area (Å²) in [5, 5.41) is 3.09. The molecule has 4 heteroatoms. The summed E-state index contributed by atoms with van der Waals surface area (Å²) in [4.78, 5) is 0. The zero-order chi connectivity index (χ0) is 14.6. The van der Waals surface area contributed by atoms with Gasteiger partial charge >= 0.3 is 0 Å². The minimum Gasteiger partial charge on any atom is -0.312 e. The number of sulfone groups is 1. The fraction of sp³-hybridized carbons (Fsp3) is 0.625. The molecule has 1 aliphatic carbocycles. The molecule has 0 bridgehead atoms. The number of hydrogen-bond donors (Lipinski definition) is 1. The molecule has 1 unspecified atom stereocenters. The lowest BCUT2D eigenvalue weighted by Gasteiger charge is -2.23.